The van der Waals surface area contributed by atoms with Gasteiger partial charge in [0.1, 0.15) is 11.5 Å². The second-order valence-corrected chi connectivity index (χ2v) is 5.68. The number of esters is 1. The molecule has 3 rings (SSSR count). The van der Waals surface area contributed by atoms with Gasteiger partial charge in [0.15, 0.2) is 11.6 Å². The fraction of sp³-hybridized carbons (Fsp3) is 0.0556. The number of rotatable bonds is 5. The number of anilines is 3. The minimum atomic E-state index is -0.382. The van der Waals surface area contributed by atoms with Crippen LogP contribution in [0.5, 0.6) is 17.2 Å². The van der Waals surface area contributed by atoms with Crippen LogP contribution in [0.25, 0.3) is 0 Å². The topological polar surface area (TPSA) is 99.4 Å². The average Bonchev–Trinajstić information content (AvgIpc) is 2.60. The number of hydrogen-bond donors (Lipinski definition) is 2. The normalized spacial score (nSPS) is 10.2. The van der Waals surface area contributed by atoms with Gasteiger partial charge in [-0.3, -0.25) is 4.79 Å². The highest BCUT2D eigenvalue weighted by Crippen LogP contribution is 2.31. The molecule has 0 aliphatic carbocycles. The first kappa shape index (κ1) is 17.5. The molecular weight excluding hydrogens is 356 g/mol. The Labute approximate surface area is 154 Å². The van der Waals surface area contributed by atoms with Crippen LogP contribution in [0, 0.1) is 0 Å². The maximum Gasteiger partial charge on any atom is 0.308 e. The maximum absolute atomic E-state index is 11.0. The number of hydrogen-bond acceptors (Lipinski definition) is 7. The number of nitrogen functional groups attached to an aromatic ring is 1. The first-order chi connectivity index (χ1) is 12.5. The van der Waals surface area contributed by atoms with Crippen molar-refractivity contribution in [2.75, 3.05) is 11.1 Å². The van der Waals surface area contributed by atoms with Gasteiger partial charge in [-0.05, 0) is 48.5 Å². The van der Waals surface area contributed by atoms with E-state index in [1.54, 1.807) is 48.5 Å². The fourth-order valence-electron chi connectivity index (χ4n) is 2.09. The van der Waals surface area contributed by atoms with Crippen LogP contribution in [0.4, 0.5) is 17.5 Å². The lowest BCUT2D eigenvalue weighted by molar-refractivity contribution is -0.131. The highest BCUT2D eigenvalue weighted by molar-refractivity contribution is 6.30. The van der Waals surface area contributed by atoms with Gasteiger partial charge in [0.25, 0.3) is 0 Å². The molecule has 0 amide bonds. The largest absolute Gasteiger partial charge is 0.452 e. The van der Waals surface area contributed by atoms with Crippen LogP contribution in [-0.4, -0.2) is 15.9 Å². The van der Waals surface area contributed by atoms with E-state index in [1.807, 2.05) is 0 Å². The number of benzene rings is 2. The third-order valence-corrected chi connectivity index (χ3v) is 3.45. The Morgan fingerprint density at radius 3 is 2.38 bits per heavy atom. The third-order valence-electron chi connectivity index (χ3n) is 3.19. The molecule has 0 spiro atoms. The summed E-state index contributed by atoms with van der Waals surface area (Å²) in [7, 11) is 0. The summed E-state index contributed by atoms with van der Waals surface area (Å²) < 4.78 is 10.8. The Morgan fingerprint density at radius 1 is 1.08 bits per heavy atom. The number of carbonyl (C=O) groups is 1. The highest BCUT2D eigenvalue weighted by atomic mass is 35.5. The Morgan fingerprint density at radius 2 is 1.73 bits per heavy atom. The lowest BCUT2D eigenvalue weighted by Gasteiger charge is -2.12. The van der Waals surface area contributed by atoms with Crippen molar-refractivity contribution >= 4 is 35.0 Å². The van der Waals surface area contributed by atoms with Crippen LogP contribution in [0.3, 0.4) is 0 Å². The van der Waals surface area contributed by atoms with Gasteiger partial charge < -0.3 is 20.5 Å². The van der Waals surface area contributed by atoms with Crippen molar-refractivity contribution < 1.29 is 14.3 Å². The molecule has 0 radical (unpaired) electrons. The van der Waals surface area contributed by atoms with Crippen molar-refractivity contribution in [3.05, 3.63) is 59.8 Å². The molecule has 0 saturated carbocycles. The zero-order valence-electron chi connectivity index (χ0n) is 13.8. The summed E-state index contributed by atoms with van der Waals surface area (Å²) in [5.74, 6) is 1.54. The van der Waals surface area contributed by atoms with Crippen LogP contribution in [0.2, 0.25) is 5.02 Å². The molecule has 1 heterocycles. The lowest BCUT2D eigenvalue weighted by atomic mass is 10.3. The zero-order valence-corrected chi connectivity index (χ0v) is 14.5. The molecule has 8 heteroatoms. The van der Waals surface area contributed by atoms with Crippen LogP contribution in [0.15, 0.2) is 54.7 Å². The smallest absolute Gasteiger partial charge is 0.308 e. The number of nitrogens with zero attached hydrogens (tertiary/aromatic N) is 2. The van der Waals surface area contributed by atoms with Crippen LogP contribution >= 0.6 is 11.6 Å². The number of aromatic nitrogens is 2. The molecule has 132 valence electrons. The van der Waals surface area contributed by atoms with Gasteiger partial charge in [0.05, 0.1) is 6.20 Å². The van der Waals surface area contributed by atoms with Crippen molar-refractivity contribution in [2.24, 2.45) is 0 Å². The second kappa shape index (κ2) is 7.71. The zero-order chi connectivity index (χ0) is 18.5. The highest BCUT2D eigenvalue weighted by Gasteiger charge is 2.10. The maximum atomic E-state index is 11.0. The molecule has 3 N–H and O–H groups in total. The Hall–Kier alpha value is -3.32. The van der Waals surface area contributed by atoms with Crippen LogP contribution < -0.4 is 20.5 Å². The summed E-state index contributed by atoms with van der Waals surface area (Å²) in [6, 6.07) is 13.7. The van der Waals surface area contributed by atoms with Gasteiger partial charge in [0, 0.05) is 17.6 Å². The monoisotopic (exact) mass is 370 g/mol. The van der Waals surface area contributed by atoms with E-state index in [9.17, 15) is 4.79 Å². The summed E-state index contributed by atoms with van der Waals surface area (Å²) in [6.45, 7) is 1.34. The van der Waals surface area contributed by atoms with Crippen LogP contribution in [0.1, 0.15) is 6.92 Å². The molecule has 26 heavy (non-hydrogen) atoms. The summed E-state index contributed by atoms with van der Waals surface area (Å²) in [5, 5.41) is 3.71. The lowest BCUT2D eigenvalue weighted by Crippen LogP contribution is -2.03. The van der Waals surface area contributed by atoms with E-state index in [-0.39, 0.29) is 11.9 Å². The van der Waals surface area contributed by atoms with E-state index in [0.717, 1.165) is 0 Å². The molecule has 7 nitrogen and oxygen atoms in total. The summed E-state index contributed by atoms with van der Waals surface area (Å²) in [4.78, 5) is 19.1. The standard InChI is InChI=1S/C18H15ClN4O3/c1-11(24)25-14-8-4-13(5-9-14)22-17-16(10-21-18(20)23-17)26-15-6-2-12(19)3-7-15/h2-10H,1H3,(H3,20,21,22,23). The van der Waals surface area contributed by atoms with E-state index in [2.05, 4.69) is 15.3 Å². The molecule has 2 aromatic carbocycles. The SMILES string of the molecule is CC(=O)Oc1ccc(Nc2nc(N)ncc2Oc2ccc(Cl)cc2)cc1. The van der Waals surface area contributed by atoms with E-state index < -0.39 is 0 Å². The van der Waals surface area contributed by atoms with E-state index >= 15 is 0 Å². The minimum absolute atomic E-state index is 0.104. The molecule has 0 atom stereocenters. The van der Waals surface area contributed by atoms with Gasteiger partial charge in [0.2, 0.25) is 5.95 Å². The number of nitrogens with two attached hydrogens (primary N) is 1. The van der Waals surface area contributed by atoms with Gasteiger partial charge in [-0.25, -0.2) is 4.98 Å². The molecule has 0 bridgehead atoms. The molecule has 1 aromatic heterocycles. The Kier molecular flexibility index (Phi) is 5.19. The molecule has 0 aliphatic rings. The summed E-state index contributed by atoms with van der Waals surface area (Å²) >= 11 is 5.88. The van der Waals surface area contributed by atoms with Crippen molar-refractivity contribution in [1.29, 1.82) is 0 Å². The van der Waals surface area contributed by atoms with Crippen molar-refractivity contribution in [3.63, 3.8) is 0 Å². The third kappa shape index (κ3) is 4.61. The van der Waals surface area contributed by atoms with Crippen molar-refractivity contribution in [3.8, 4) is 17.2 Å². The van der Waals surface area contributed by atoms with E-state index in [4.69, 9.17) is 26.8 Å². The average molecular weight is 371 g/mol. The number of halogens is 1. The van der Waals surface area contributed by atoms with E-state index in [0.29, 0.717) is 33.8 Å². The van der Waals surface area contributed by atoms with Crippen LogP contribution in [-0.2, 0) is 4.79 Å². The molecule has 0 saturated heterocycles. The predicted octanol–water partition coefficient (Wildman–Crippen LogP) is 4.17. The molecule has 3 aromatic rings. The second-order valence-electron chi connectivity index (χ2n) is 5.24. The molecule has 0 aliphatic heterocycles. The fourth-order valence-corrected chi connectivity index (χ4v) is 2.21. The first-order valence-corrected chi connectivity index (χ1v) is 7.99. The molecular formula is C18H15ClN4O3. The number of ether oxygens (including phenoxy) is 2. The van der Waals surface area contributed by atoms with Gasteiger partial charge in [-0.1, -0.05) is 11.6 Å². The summed E-state index contributed by atoms with van der Waals surface area (Å²) in [5.41, 5.74) is 6.39. The van der Waals surface area contributed by atoms with Crippen molar-refractivity contribution in [2.45, 2.75) is 6.92 Å². The molecule has 0 unspecified atom stereocenters. The van der Waals surface area contributed by atoms with Gasteiger partial charge in [-0.2, -0.15) is 4.98 Å². The van der Waals surface area contributed by atoms with E-state index in [1.165, 1.54) is 13.1 Å². The number of nitrogens with one attached hydrogen (secondary N) is 1. The Balaban J connectivity index is 1.81. The van der Waals surface area contributed by atoms with Crippen molar-refractivity contribution in [1.82, 2.24) is 9.97 Å². The van der Waals surface area contributed by atoms with Gasteiger partial charge >= 0.3 is 5.97 Å². The first-order valence-electron chi connectivity index (χ1n) is 7.61. The Bertz CT molecular complexity index is 915. The predicted molar refractivity (Wildman–Crippen MR) is 99.0 cm³/mol. The quantitative estimate of drug-likeness (QED) is 0.513. The number of carbonyl (C=O) groups excluding carboxylic acids is 1. The summed E-state index contributed by atoms with van der Waals surface area (Å²) in [6.07, 6.45) is 1.48. The minimum Gasteiger partial charge on any atom is -0.452 e. The van der Waals surface area contributed by atoms with Gasteiger partial charge in [-0.15, -0.1) is 0 Å². The molecule has 0 fully saturated rings.